The molecule has 0 aromatic heterocycles. The lowest BCUT2D eigenvalue weighted by atomic mass is 9.86. The van der Waals surface area contributed by atoms with E-state index in [-0.39, 0.29) is 18.5 Å². The number of methoxy groups -OCH3 is 1. The molecule has 20 heavy (non-hydrogen) atoms. The lowest BCUT2D eigenvalue weighted by Crippen LogP contribution is -2.50. The second kappa shape index (κ2) is 8.09. The van der Waals surface area contributed by atoms with Crippen LogP contribution in [0.25, 0.3) is 0 Å². The summed E-state index contributed by atoms with van der Waals surface area (Å²) in [5.74, 6) is -0.409. The Labute approximate surface area is 120 Å². The molecule has 0 aromatic carbocycles. The highest BCUT2D eigenvalue weighted by Crippen LogP contribution is 2.26. The van der Waals surface area contributed by atoms with Crippen LogP contribution in [-0.2, 0) is 9.53 Å². The van der Waals surface area contributed by atoms with Crippen molar-refractivity contribution in [2.24, 2.45) is 5.92 Å². The van der Waals surface area contributed by atoms with E-state index in [1.165, 1.54) is 13.5 Å². The minimum Gasteiger partial charge on any atom is -0.480 e. The van der Waals surface area contributed by atoms with Crippen LogP contribution in [0, 0.1) is 5.92 Å². The first kappa shape index (κ1) is 16.8. The summed E-state index contributed by atoms with van der Waals surface area (Å²) >= 11 is 0. The van der Waals surface area contributed by atoms with Crippen LogP contribution < -0.4 is 5.32 Å². The van der Waals surface area contributed by atoms with E-state index in [4.69, 9.17) is 9.84 Å². The Bertz CT molecular complexity index is 335. The number of carbonyl (C=O) groups is 2. The molecular formula is C14H26N2O4. The minimum absolute atomic E-state index is 0.204. The molecule has 3 unspecified atom stereocenters. The van der Waals surface area contributed by atoms with Crippen molar-refractivity contribution < 1.29 is 19.4 Å². The van der Waals surface area contributed by atoms with Crippen molar-refractivity contribution in [3.8, 4) is 0 Å². The van der Waals surface area contributed by atoms with Crippen LogP contribution in [0.5, 0.6) is 0 Å². The van der Waals surface area contributed by atoms with Gasteiger partial charge >= 0.3 is 12.0 Å². The number of carbonyl (C=O) groups excluding carboxylic acids is 1. The van der Waals surface area contributed by atoms with Gasteiger partial charge in [0.15, 0.2) is 0 Å². The molecule has 1 rings (SSSR count). The van der Waals surface area contributed by atoms with Crippen molar-refractivity contribution in [3.63, 3.8) is 0 Å². The molecular weight excluding hydrogens is 260 g/mol. The largest absolute Gasteiger partial charge is 0.480 e. The molecule has 6 nitrogen and oxygen atoms in total. The van der Waals surface area contributed by atoms with E-state index in [1.54, 1.807) is 11.9 Å². The number of hydrogen-bond acceptors (Lipinski definition) is 3. The van der Waals surface area contributed by atoms with Crippen molar-refractivity contribution in [2.45, 2.75) is 51.1 Å². The first-order valence-electron chi connectivity index (χ1n) is 7.20. The summed E-state index contributed by atoms with van der Waals surface area (Å²) in [6, 6.07) is -1.01. The molecule has 0 heterocycles. The maximum atomic E-state index is 12.1. The molecule has 0 radical (unpaired) electrons. The molecule has 1 saturated carbocycles. The van der Waals surface area contributed by atoms with E-state index in [0.29, 0.717) is 12.5 Å². The lowest BCUT2D eigenvalue weighted by Gasteiger charge is -2.34. The Morgan fingerprint density at radius 1 is 1.45 bits per heavy atom. The maximum absolute atomic E-state index is 12.1. The number of urea groups is 1. The minimum atomic E-state index is -1.03. The van der Waals surface area contributed by atoms with Gasteiger partial charge in [-0.3, -0.25) is 0 Å². The van der Waals surface area contributed by atoms with E-state index in [0.717, 1.165) is 19.3 Å². The number of carboxylic acids is 1. The third-order valence-corrected chi connectivity index (χ3v) is 3.98. The Kier molecular flexibility index (Phi) is 6.78. The zero-order valence-electron chi connectivity index (χ0n) is 12.6. The first-order chi connectivity index (χ1) is 9.45. The number of rotatable bonds is 6. The molecule has 116 valence electrons. The third-order valence-electron chi connectivity index (χ3n) is 3.98. The number of aliphatic carboxylic acids is 1. The molecule has 1 aliphatic carbocycles. The van der Waals surface area contributed by atoms with E-state index in [1.807, 2.05) is 0 Å². The molecule has 0 spiro atoms. The standard InChI is InChI=1S/C14H26N2O4/c1-10-5-4-6-11(9-10)16(2)14(19)15-12(13(17)18)7-8-20-3/h10-12H,4-9H2,1-3H3,(H,15,19)(H,17,18). The Morgan fingerprint density at radius 2 is 2.15 bits per heavy atom. The second-order valence-corrected chi connectivity index (χ2v) is 5.66. The van der Waals surface area contributed by atoms with Gasteiger partial charge in [-0.05, 0) is 18.8 Å². The van der Waals surface area contributed by atoms with Crippen LogP contribution >= 0.6 is 0 Å². The molecule has 2 N–H and O–H groups in total. The lowest BCUT2D eigenvalue weighted by molar-refractivity contribution is -0.139. The van der Waals surface area contributed by atoms with Crippen LogP contribution in [0.2, 0.25) is 0 Å². The Morgan fingerprint density at radius 3 is 2.70 bits per heavy atom. The number of amides is 2. The van der Waals surface area contributed by atoms with Crippen molar-refractivity contribution >= 4 is 12.0 Å². The summed E-state index contributed by atoms with van der Waals surface area (Å²) in [5.41, 5.74) is 0. The van der Waals surface area contributed by atoms with Gasteiger partial charge in [0.2, 0.25) is 0 Å². The number of carboxylic acid groups (broad SMARTS) is 1. The van der Waals surface area contributed by atoms with E-state index in [2.05, 4.69) is 12.2 Å². The van der Waals surface area contributed by atoms with Gasteiger partial charge in [0.25, 0.3) is 0 Å². The third kappa shape index (κ3) is 5.00. The van der Waals surface area contributed by atoms with E-state index in [9.17, 15) is 9.59 Å². The molecule has 0 aliphatic heterocycles. The van der Waals surface area contributed by atoms with E-state index >= 15 is 0 Å². The molecule has 2 amide bonds. The highest BCUT2D eigenvalue weighted by atomic mass is 16.5. The fourth-order valence-electron chi connectivity index (χ4n) is 2.66. The summed E-state index contributed by atoms with van der Waals surface area (Å²) in [6.07, 6.45) is 4.57. The van der Waals surface area contributed by atoms with Gasteiger partial charge in [0.1, 0.15) is 6.04 Å². The van der Waals surface area contributed by atoms with Crippen molar-refractivity contribution in [1.29, 1.82) is 0 Å². The summed E-state index contributed by atoms with van der Waals surface area (Å²) in [5, 5.41) is 11.7. The topological polar surface area (TPSA) is 78.9 Å². The van der Waals surface area contributed by atoms with Gasteiger partial charge in [-0.25, -0.2) is 9.59 Å². The maximum Gasteiger partial charge on any atom is 0.326 e. The van der Waals surface area contributed by atoms with Gasteiger partial charge in [0, 0.05) is 33.2 Å². The molecule has 3 atom stereocenters. The normalized spacial score (nSPS) is 23.9. The molecule has 0 bridgehead atoms. The van der Waals surface area contributed by atoms with Crippen molar-refractivity contribution in [1.82, 2.24) is 10.2 Å². The summed E-state index contributed by atoms with van der Waals surface area (Å²) in [7, 11) is 3.25. The van der Waals surface area contributed by atoms with Gasteiger partial charge in [-0.2, -0.15) is 0 Å². The smallest absolute Gasteiger partial charge is 0.326 e. The zero-order chi connectivity index (χ0) is 15.1. The SMILES string of the molecule is COCCC(NC(=O)N(C)C1CCCC(C)C1)C(=O)O. The first-order valence-corrected chi connectivity index (χ1v) is 7.20. The molecule has 1 fully saturated rings. The van der Waals surface area contributed by atoms with Gasteiger partial charge < -0.3 is 20.1 Å². The van der Waals surface area contributed by atoms with Gasteiger partial charge in [0.05, 0.1) is 0 Å². The number of ether oxygens (including phenoxy) is 1. The van der Waals surface area contributed by atoms with Crippen LogP contribution in [0.15, 0.2) is 0 Å². The van der Waals surface area contributed by atoms with Crippen LogP contribution in [0.1, 0.15) is 39.0 Å². The zero-order valence-corrected chi connectivity index (χ0v) is 12.6. The molecule has 0 saturated heterocycles. The van der Waals surface area contributed by atoms with Crippen LogP contribution in [-0.4, -0.2) is 54.9 Å². The molecule has 1 aliphatic rings. The summed E-state index contributed by atoms with van der Waals surface area (Å²) in [4.78, 5) is 24.9. The summed E-state index contributed by atoms with van der Waals surface area (Å²) < 4.78 is 4.87. The van der Waals surface area contributed by atoms with Gasteiger partial charge in [-0.15, -0.1) is 0 Å². The fraction of sp³-hybridized carbons (Fsp3) is 0.857. The van der Waals surface area contributed by atoms with Gasteiger partial charge in [-0.1, -0.05) is 19.8 Å². The Balaban J connectivity index is 2.52. The Hall–Kier alpha value is -1.30. The average Bonchev–Trinajstić information content (AvgIpc) is 2.42. The van der Waals surface area contributed by atoms with E-state index < -0.39 is 12.0 Å². The number of nitrogens with zero attached hydrogens (tertiary/aromatic N) is 1. The second-order valence-electron chi connectivity index (χ2n) is 5.66. The predicted octanol–water partition coefficient (Wildman–Crippen LogP) is 1.70. The number of hydrogen-bond donors (Lipinski definition) is 2. The average molecular weight is 286 g/mol. The highest BCUT2D eigenvalue weighted by molar-refractivity contribution is 5.82. The predicted molar refractivity (Wildman–Crippen MR) is 75.6 cm³/mol. The fourth-order valence-corrected chi connectivity index (χ4v) is 2.66. The number of nitrogens with one attached hydrogen (secondary N) is 1. The summed E-state index contributed by atoms with van der Waals surface area (Å²) in [6.45, 7) is 2.50. The van der Waals surface area contributed by atoms with Crippen molar-refractivity contribution in [3.05, 3.63) is 0 Å². The quantitative estimate of drug-likeness (QED) is 0.779. The highest BCUT2D eigenvalue weighted by Gasteiger charge is 2.28. The molecule has 0 aromatic rings. The van der Waals surface area contributed by atoms with Crippen LogP contribution in [0.3, 0.4) is 0 Å². The monoisotopic (exact) mass is 286 g/mol. The molecule has 6 heteroatoms. The van der Waals surface area contributed by atoms with Crippen molar-refractivity contribution in [2.75, 3.05) is 20.8 Å². The van der Waals surface area contributed by atoms with Crippen LogP contribution in [0.4, 0.5) is 4.79 Å².